The number of carbonyl (C=O) groups excluding carboxylic acids is 1. The third-order valence-electron chi connectivity index (χ3n) is 3.99. The minimum Gasteiger partial charge on any atom is -0.335 e. The molecule has 2 saturated heterocycles. The molecular weight excluding hydrogens is 330 g/mol. The number of amides is 1. The van der Waals surface area contributed by atoms with Crippen LogP contribution in [-0.4, -0.2) is 36.0 Å². The average molecular weight is 345 g/mol. The van der Waals surface area contributed by atoms with Crippen LogP contribution in [0.15, 0.2) is 16.6 Å². The van der Waals surface area contributed by atoms with E-state index in [0.29, 0.717) is 29.6 Å². The third kappa shape index (κ3) is 2.59. The molecule has 108 valence electrons. The highest BCUT2D eigenvalue weighted by atomic mass is 79.9. The lowest BCUT2D eigenvalue weighted by Gasteiger charge is -2.42. The van der Waals surface area contributed by atoms with Crippen molar-refractivity contribution in [3.05, 3.63) is 33.8 Å². The van der Waals surface area contributed by atoms with Crippen LogP contribution in [0.1, 0.15) is 29.6 Å². The molecule has 2 atom stereocenters. The molecule has 2 heterocycles. The molecule has 0 aromatic heterocycles. The predicted octanol–water partition coefficient (Wildman–Crippen LogP) is 2.69. The standard InChI is InChI=1S/C14H15BrF2N2O/c15-11-5-13(17)12(16)4-10(11)14(20)19-6-8-2-1-3-9(7-19)18-8/h4-5,8-9,18H,1-3,6-7H2. The van der Waals surface area contributed by atoms with Crippen molar-refractivity contribution in [1.29, 1.82) is 0 Å². The van der Waals surface area contributed by atoms with E-state index in [0.717, 1.165) is 25.0 Å². The summed E-state index contributed by atoms with van der Waals surface area (Å²) in [6.07, 6.45) is 3.29. The van der Waals surface area contributed by atoms with Crippen molar-refractivity contribution >= 4 is 21.8 Å². The molecule has 2 unspecified atom stereocenters. The van der Waals surface area contributed by atoms with Crippen LogP contribution in [0.2, 0.25) is 0 Å². The average Bonchev–Trinajstić information content (AvgIpc) is 2.41. The molecule has 0 radical (unpaired) electrons. The Hall–Kier alpha value is -1.01. The second-order valence-electron chi connectivity index (χ2n) is 5.45. The lowest BCUT2D eigenvalue weighted by Crippen LogP contribution is -2.59. The highest BCUT2D eigenvalue weighted by molar-refractivity contribution is 9.10. The van der Waals surface area contributed by atoms with Crippen LogP contribution < -0.4 is 5.32 Å². The fourth-order valence-electron chi connectivity index (χ4n) is 3.03. The van der Waals surface area contributed by atoms with E-state index in [1.54, 1.807) is 4.90 Å². The first kappa shape index (κ1) is 13.9. The Balaban J connectivity index is 1.84. The maximum atomic E-state index is 13.3. The number of carbonyl (C=O) groups is 1. The monoisotopic (exact) mass is 344 g/mol. The van der Waals surface area contributed by atoms with Gasteiger partial charge in [0.1, 0.15) is 0 Å². The Morgan fingerprint density at radius 2 is 1.80 bits per heavy atom. The van der Waals surface area contributed by atoms with Crippen molar-refractivity contribution in [2.24, 2.45) is 0 Å². The van der Waals surface area contributed by atoms with Gasteiger partial charge in [0.15, 0.2) is 11.6 Å². The summed E-state index contributed by atoms with van der Waals surface area (Å²) in [5.74, 6) is -2.19. The van der Waals surface area contributed by atoms with Gasteiger partial charge in [0.25, 0.3) is 5.91 Å². The SMILES string of the molecule is O=C(c1cc(F)c(F)cc1Br)N1CC2CCCC(C1)N2. The lowest BCUT2D eigenvalue weighted by molar-refractivity contribution is 0.0606. The fourth-order valence-corrected chi connectivity index (χ4v) is 3.51. The number of halogens is 3. The summed E-state index contributed by atoms with van der Waals surface area (Å²) in [7, 11) is 0. The molecule has 1 aromatic rings. The van der Waals surface area contributed by atoms with Gasteiger partial charge >= 0.3 is 0 Å². The molecule has 0 saturated carbocycles. The number of fused-ring (bicyclic) bond motifs is 2. The summed E-state index contributed by atoms with van der Waals surface area (Å²) >= 11 is 3.14. The van der Waals surface area contributed by atoms with E-state index in [9.17, 15) is 13.6 Å². The van der Waals surface area contributed by atoms with E-state index in [-0.39, 0.29) is 11.5 Å². The quantitative estimate of drug-likeness (QED) is 0.794. The van der Waals surface area contributed by atoms with Crippen molar-refractivity contribution in [2.75, 3.05) is 13.1 Å². The van der Waals surface area contributed by atoms with E-state index in [4.69, 9.17) is 0 Å². The smallest absolute Gasteiger partial charge is 0.255 e. The molecule has 1 N–H and O–H groups in total. The highest BCUT2D eigenvalue weighted by Crippen LogP contribution is 2.25. The summed E-state index contributed by atoms with van der Waals surface area (Å²) in [6.45, 7) is 1.25. The zero-order valence-corrected chi connectivity index (χ0v) is 12.4. The first-order chi connectivity index (χ1) is 9.54. The number of likely N-dealkylation sites (tertiary alicyclic amines) is 1. The van der Waals surface area contributed by atoms with E-state index >= 15 is 0 Å². The van der Waals surface area contributed by atoms with Gasteiger partial charge in [-0.2, -0.15) is 0 Å². The maximum Gasteiger partial charge on any atom is 0.255 e. The summed E-state index contributed by atoms with van der Waals surface area (Å²) in [6, 6.07) is 2.61. The molecule has 1 aromatic carbocycles. The van der Waals surface area contributed by atoms with E-state index < -0.39 is 11.6 Å². The first-order valence-corrected chi connectivity index (χ1v) is 7.54. The van der Waals surface area contributed by atoms with Gasteiger partial charge in [-0.25, -0.2) is 8.78 Å². The number of nitrogens with zero attached hydrogens (tertiary/aromatic N) is 1. The van der Waals surface area contributed by atoms with Gasteiger partial charge in [-0.1, -0.05) is 6.42 Å². The Bertz CT molecular complexity index is 540. The molecular formula is C14H15BrF2N2O. The van der Waals surface area contributed by atoms with Crippen molar-refractivity contribution in [3.8, 4) is 0 Å². The fraction of sp³-hybridized carbons (Fsp3) is 0.500. The van der Waals surface area contributed by atoms with E-state index in [2.05, 4.69) is 21.2 Å². The van der Waals surface area contributed by atoms with E-state index in [1.807, 2.05) is 0 Å². The number of nitrogens with one attached hydrogen (secondary N) is 1. The maximum absolute atomic E-state index is 13.3. The largest absolute Gasteiger partial charge is 0.335 e. The molecule has 6 heteroatoms. The zero-order valence-electron chi connectivity index (χ0n) is 10.8. The Morgan fingerprint density at radius 3 is 2.45 bits per heavy atom. The van der Waals surface area contributed by atoms with Crippen LogP contribution in [0.4, 0.5) is 8.78 Å². The van der Waals surface area contributed by atoms with Crippen LogP contribution >= 0.6 is 15.9 Å². The van der Waals surface area contributed by atoms with Crippen molar-refractivity contribution < 1.29 is 13.6 Å². The second-order valence-corrected chi connectivity index (χ2v) is 6.30. The molecule has 2 aliphatic rings. The van der Waals surface area contributed by atoms with E-state index in [1.165, 1.54) is 6.42 Å². The first-order valence-electron chi connectivity index (χ1n) is 6.74. The number of hydrogen-bond acceptors (Lipinski definition) is 2. The van der Waals surface area contributed by atoms with Crippen molar-refractivity contribution in [2.45, 2.75) is 31.3 Å². The Kier molecular flexibility index (Phi) is 3.77. The Morgan fingerprint density at radius 1 is 1.20 bits per heavy atom. The summed E-state index contributed by atoms with van der Waals surface area (Å²) in [5, 5.41) is 3.48. The van der Waals surface area contributed by atoms with Gasteiger partial charge in [0, 0.05) is 29.6 Å². The predicted molar refractivity (Wildman–Crippen MR) is 74.5 cm³/mol. The van der Waals surface area contributed by atoms with Crippen LogP contribution in [-0.2, 0) is 0 Å². The molecule has 20 heavy (non-hydrogen) atoms. The summed E-state index contributed by atoms with van der Waals surface area (Å²) in [4.78, 5) is 14.2. The second kappa shape index (κ2) is 5.41. The molecule has 1 amide bonds. The minimum absolute atomic E-state index is 0.184. The molecule has 3 nitrogen and oxygen atoms in total. The number of piperidine rings is 1. The highest BCUT2D eigenvalue weighted by Gasteiger charge is 2.33. The van der Waals surface area contributed by atoms with Crippen molar-refractivity contribution in [3.63, 3.8) is 0 Å². The zero-order chi connectivity index (χ0) is 14.3. The van der Waals surface area contributed by atoms with Gasteiger partial charge in [-0.3, -0.25) is 4.79 Å². The normalized spacial score (nSPS) is 25.6. The lowest BCUT2D eigenvalue weighted by atomic mass is 9.94. The Labute approximate surface area is 124 Å². The summed E-state index contributed by atoms with van der Waals surface area (Å²) < 4.78 is 26.7. The molecule has 3 rings (SSSR count). The molecule has 2 bridgehead atoms. The van der Waals surface area contributed by atoms with Gasteiger partial charge in [0.05, 0.1) is 5.56 Å². The van der Waals surface area contributed by atoms with Crippen LogP contribution in [0.5, 0.6) is 0 Å². The number of hydrogen-bond donors (Lipinski definition) is 1. The van der Waals surface area contributed by atoms with Crippen LogP contribution in [0.25, 0.3) is 0 Å². The van der Waals surface area contributed by atoms with Crippen molar-refractivity contribution in [1.82, 2.24) is 10.2 Å². The molecule has 2 aliphatic heterocycles. The third-order valence-corrected chi connectivity index (χ3v) is 4.64. The van der Waals surface area contributed by atoms with Gasteiger partial charge < -0.3 is 10.2 Å². The molecule has 2 fully saturated rings. The van der Waals surface area contributed by atoms with Gasteiger partial charge in [0.2, 0.25) is 0 Å². The minimum atomic E-state index is -0.994. The van der Waals surface area contributed by atoms with Gasteiger partial charge in [-0.05, 0) is 40.9 Å². The number of rotatable bonds is 1. The molecule has 0 aliphatic carbocycles. The van der Waals surface area contributed by atoms with Gasteiger partial charge in [-0.15, -0.1) is 0 Å². The van der Waals surface area contributed by atoms with Crippen LogP contribution in [0.3, 0.4) is 0 Å². The topological polar surface area (TPSA) is 32.3 Å². The number of piperazine rings is 1. The van der Waals surface area contributed by atoms with Crippen LogP contribution in [0, 0.1) is 11.6 Å². The summed E-state index contributed by atoms with van der Waals surface area (Å²) in [5.41, 5.74) is 0.184. The molecule has 0 spiro atoms. The number of benzene rings is 1.